The van der Waals surface area contributed by atoms with Gasteiger partial charge < -0.3 is 0 Å². The van der Waals surface area contributed by atoms with Crippen LogP contribution in [0.1, 0.15) is 11.1 Å². The van der Waals surface area contributed by atoms with E-state index in [1.807, 2.05) is 0 Å². The minimum atomic E-state index is -4.51. The molecule has 0 aliphatic heterocycles. The first kappa shape index (κ1) is 12.1. The summed E-state index contributed by atoms with van der Waals surface area (Å²) in [6, 6.07) is 4.88. The molecule has 0 spiro atoms. The van der Waals surface area contributed by atoms with Crippen LogP contribution in [0.2, 0.25) is 0 Å². The van der Waals surface area contributed by atoms with Gasteiger partial charge in [-0.15, -0.1) is 0 Å². The lowest BCUT2D eigenvalue weighted by atomic mass is 10.2. The van der Waals surface area contributed by atoms with Crippen LogP contribution < -0.4 is 0 Å². The van der Waals surface area contributed by atoms with E-state index in [1.165, 1.54) is 6.07 Å². The Bertz CT molecular complexity index is 622. The average Bonchev–Trinajstić information content (AvgIpc) is 2.77. The normalized spacial score (nSPS) is 11.3. The Labute approximate surface area is 98.9 Å². The van der Waals surface area contributed by atoms with Crippen molar-refractivity contribution in [2.24, 2.45) is 0 Å². The number of hydrogen-bond donors (Lipinski definition) is 0. The average molecular weight is 255 g/mol. The minimum absolute atomic E-state index is 0.0909. The van der Waals surface area contributed by atoms with Crippen LogP contribution in [0.15, 0.2) is 30.6 Å². The molecule has 2 rings (SSSR count). The second-order valence-electron chi connectivity index (χ2n) is 3.44. The zero-order chi connectivity index (χ0) is 13.3. The molecule has 1 aromatic carbocycles. The summed E-state index contributed by atoms with van der Waals surface area (Å²) in [4.78, 5) is 0. The fourth-order valence-electron chi connectivity index (χ4n) is 1.40. The molecule has 92 valence electrons. The Hall–Kier alpha value is -2.36. The molecule has 18 heavy (non-hydrogen) atoms. The first-order valence-corrected chi connectivity index (χ1v) is 4.73. The summed E-state index contributed by atoms with van der Waals surface area (Å²) in [7, 11) is 0. The molecule has 0 radical (unpaired) electrons. The minimum Gasteiger partial charge on any atom is -0.239 e. The van der Waals surface area contributed by atoms with Crippen molar-refractivity contribution >= 4 is 0 Å². The molecule has 0 amide bonds. The molecule has 7 heteroatoms. The Kier molecular flexibility index (Phi) is 2.79. The van der Waals surface area contributed by atoms with Gasteiger partial charge >= 0.3 is 6.18 Å². The molecule has 1 heterocycles. The molecule has 0 saturated heterocycles. The third kappa shape index (κ3) is 2.18. The lowest BCUT2D eigenvalue weighted by Gasteiger charge is -2.04. The maximum atomic E-state index is 12.9. The van der Waals surface area contributed by atoms with Gasteiger partial charge in [0.05, 0.1) is 23.0 Å². The predicted octanol–water partition coefficient (Wildman–Crippen LogP) is 2.90. The van der Waals surface area contributed by atoms with Gasteiger partial charge in [0.1, 0.15) is 11.9 Å². The maximum Gasteiger partial charge on any atom is 0.419 e. The van der Waals surface area contributed by atoms with Gasteiger partial charge in [-0.2, -0.15) is 23.5 Å². The van der Waals surface area contributed by atoms with Crippen molar-refractivity contribution in [1.82, 2.24) is 9.78 Å². The number of nitriles is 1. The van der Waals surface area contributed by atoms with Crippen LogP contribution in [0.4, 0.5) is 17.6 Å². The van der Waals surface area contributed by atoms with Crippen LogP contribution in [0.25, 0.3) is 5.69 Å². The standard InChI is InChI=1S/C11H5F4N3/c12-9-1-2-10(7(3-9)4-16)18-6-8(5-17-18)11(13,14)15/h1-3,5-6H. The summed E-state index contributed by atoms with van der Waals surface area (Å²) in [5.74, 6) is -0.640. The highest BCUT2D eigenvalue weighted by Gasteiger charge is 2.32. The van der Waals surface area contributed by atoms with Gasteiger partial charge in [-0.25, -0.2) is 9.07 Å². The number of halogens is 4. The first-order valence-electron chi connectivity index (χ1n) is 4.73. The van der Waals surface area contributed by atoms with Crippen molar-refractivity contribution in [3.8, 4) is 11.8 Å². The lowest BCUT2D eigenvalue weighted by molar-refractivity contribution is -0.137. The molecule has 0 N–H and O–H groups in total. The molecule has 0 saturated carbocycles. The fourth-order valence-corrected chi connectivity index (χ4v) is 1.40. The molecule has 0 atom stereocenters. The van der Waals surface area contributed by atoms with Gasteiger partial charge in [-0.05, 0) is 18.2 Å². The van der Waals surface area contributed by atoms with Crippen molar-refractivity contribution in [2.75, 3.05) is 0 Å². The van der Waals surface area contributed by atoms with Crippen LogP contribution in [-0.2, 0) is 6.18 Å². The number of hydrogen-bond acceptors (Lipinski definition) is 2. The molecule has 0 fully saturated rings. The van der Waals surface area contributed by atoms with E-state index in [1.54, 1.807) is 6.07 Å². The van der Waals surface area contributed by atoms with E-state index in [-0.39, 0.29) is 11.3 Å². The van der Waals surface area contributed by atoms with Gasteiger partial charge in [-0.3, -0.25) is 0 Å². The quantitative estimate of drug-likeness (QED) is 0.735. The van der Waals surface area contributed by atoms with E-state index in [9.17, 15) is 17.6 Å². The van der Waals surface area contributed by atoms with Crippen molar-refractivity contribution < 1.29 is 17.6 Å². The van der Waals surface area contributed by atoms with Crippen LogP contribution in [0, 0.1) is 17.1 Å². The van der Waals surface area contributed by atoms with Gasteiger partial charge in [-0.1, -0.05) is 0 Å². The third-order valence-corrected chi connectivity index (χ3v) is 2.24. The number of benzene rings is 1. The van der Waals surface area contributed by atoms with E-state index in [0.29, 0.717) is 6.20 Å². The van der Waals surface area contributed by atoms with Gasteiger partial charge in [0.25, 0.3) is 0 Å². The molecule has 0 unspecified atom stereocenters. The monoisotopic (exact) mass is 255 g/mol. The van der Waals surface area contributed by atoms with E-state index < -0.39 is 17.6 Å². The summed E-state index contributed by atoms with van der Waals surface area (Å²) in [6.45, 7) is 0. The highest BCUT2D eigenvalue weighted by atomic mass is 19.4. The number of aromatic nitrogens is 2. The van der Waals surface area contributed by atoms with Gasteiger partial charge in [0, 0.05) is 6.20 Å². The summed E-state index contributed by atoms with van der Waals surface area (Å²) in [6.07, 6.45) is -3.12. The lowest BCUT2D eigenvalue weighted by Crippen LogP contribution is -2.03. The Balaban J connectivity index is 2.50. The highest BCUT2D eigenvalue weighted by Crippen LogP contribution is 2.29. The van der Waals surface area contributed by atoms with Crippen LogP contribution in [0.5, 0.6) is 0 Å². The maximum absolute atomic E-state index is 12.9. The van der Waals surface area contributed by atoms with Crippen molar-refractivity contribution in [2.45, 2.75) is 6.18 Å². The first-order chi connectivity index (χ1) is 8.41. The van der Waals surface area contributed by atoms with Crippen LogP contribution >= 0.6 is 0 Å². The van der Waals surface area contributed by atoms with Gasteiger partial charge in [0.15, 0.2) is 0 Å². The summed E-state index contributed by atoms with van der Waals surface area (Å²) < 4.78 is 50.9. The molecule has 0 bridgehead atoms. The summed E-state index contributed by atoms with van der Waals surface area (Å²) >= 11 is 0. The van der Waals surface area contributed by atoms with E-state index >= 15 is 0 Å². The summed E-state index contributed by atoms with van der Waals surface area (Å²) in [5, 5.41) is 12.3. The SMILES string of the molecule is N#Cc1cc(F)ccc1-n1cc(C(F)(F)F)cn1. The molecular formula is C11H5F4N3. The Morgan fingerprint density at radius 1 is 1.28 bits per heavy atom. The predicted molar refractivity (Wildman–Crippen MR) is 53.2 cm³/mol. The molecule has 0 aliphatic rings. The number of rotatable bonds is 1. The largest absolute Gasteiger partial charge is 0.419 e. The zero-order valence-corrected chi connectivity index (χ0v) is 8.74. The molecule has 3 nitrogen and oxygen atoms in total. The third-order valence-electron chi connectivity index (χ3n) is 2.24. The Morgan fingerprint density at radius 2 is 2.00 bits per heavy atom. The molecule has 0 aliphatic carbocycles. The summed E-state index contributed by atoms with van der Waals surface area (Å²) in [5.41, 5.74) is -0.933. The van der Waals surface area contributed by atoms with E-state index in [4.69, 9.17) is 5.26 Å². The van der Waals surface area contributed by atoms with E-state index in [2.05, 4.69) is 5.10 Å². The van der Waals surface area contributed by atoms with E-state index in [0.717, 1.165) is 23.0 Å². The fraction of sp³-hybridized carbons (Fsp3) is 0.0909. The molecule has 2 aromatic rings. The number of alkyl halides is 3. The molecular weight excluding hydrogens is 250 g/mol. The second-order valence-corrected chi connectivity index (χ2v) is 3.44. The van der Waals surface area contributed by atoms with Crippen molar-refractivity contribution in [3.05, 3.63) is 47.5 Å². The van der Waals surface area contributed by atoms with Gasteiger partial charge in [0.2, 0.25) is 0 Å². The van der Waals surface area contributed by atoms with Crippen molar-refractivity contribution in [3.63, 3.8) is 0 Å². The number of nitrogens with zero attached hydrogens (tertiary/aromatic N) is 3. The topological polar surface area (TPSA) is 41.6 Å². The molecule has 1 aromatic heterocycles. The van der Waals surface area contributed by atoms with Crippen LogP contribution in [0.3, 0.4) is 0 Å². The Morgan fingerprint density at radius 3 is 2.56 bits per heavy atom. The van der Waals surface area contributed by atoms with Crippen molar-refractivity contribution in [1.29, 1.82) is 5.26 Å². The zero-order valence-electron chi connectivity index (χ0n) is 8.74. The smallest absolute Gasteiger partial charge is 0.239 e. The van der Waals surface area contributed by atoms with Crippen LogP contribution in [-0.4, -0.2) is 9.78 Å². The second kappa shape index (κ2) is 4.14. The highest BCUT2D eigenvalue weighted by molar-refractivity contribution is 5.48.